The number of rotatable bonds is 4. The lowest BCUT2D eigenvalue weighted by Crippen LogP contribution is -2.39. The number of anilines is 1. The number of piperidine rings is 1. The number of fused-ring (bicyclic) bond motifs is 2. The number of carbonyl (C=O) groups excluding carboxylic acids is 1. The van der Waals surface area contributed by atoms with Gasteiger partial charge in [-0.15, -0.1) is 0 Å². The van der Waals surface area contributed by atoms with Gasteiger partial charge in [-0.05, 0) is 69.5 Å². The van der Waals surface area contributed by atoms with E-state index in [2.05, 4.69) is 36.0 Å². The predicted octanol–water partition coefficient (Wildman–Crippen LogP) is 4.30. The number of halogens is 1. The number of nitrogens with one attached hydrogen (secondary N) is 2. The smallest absolute Gasteiger partial charge is 0.256 e. The van der Waals surface area contributed by atoms with Crippen molar-refractivity contribution in [2.75, 3.05) is 38.0 Å². The van der Waals surface area contributed by atoms with Crippen LogP contribution in [0.2, 0.25) is 0 Å². The van der Waals surface area contributed by atoms with E-state index >= 15 is 0 Å². The van der Waals surface area contributed by atoms with Crippen LogP contribution in [0.25, 0.3) is 11.6 Å². The molecule has 3 aliphatic heterocycles. The molecule has 32 heavy (non-hydrogen) atoms. The first-order valence-corrected chi connectivity index (χ1v) is 12.5. The normalized spacial score (nSPS) is 23.2. The van der Waals surface area contributed by atoms with Crippen LogP contribution in [0.3, 0.4) is 0 Å². The zero-order valence-corrected chi connectivity index (χ0v) is 20.2. The molecule has 0 spiro atoms. The molecule has 1 fully saturated rings. The Morgan fingerprint density at radius 2 is 1.97 bits per heavy atom. The van der Waals surface area contributed by atoms with Gasteiger partial charge >= 0.3 is 0 Å². The Hall–Kier alpha value is -1.93. The third kappa shape index (κ3) is 4.07. The molecule has 1 aromatic carbocycles. The number of hydrogen-bond donors (Lipinski definition) is 3. The number of H-pyrrole nitrogens is 1. The van der Waals surface area contributed by atoms with Crippen LogP contribution >= 0.6 is 15.9 Å². The molecule has 0 saturated carbocycles. The molecule has 0 bridgehead atoms. The monoisotopic (exact) mass is 498 g/mol. The minimum Gasteiger partial charge on any atom is -0.374 e. The summed E-state index contributed by atoms with van der Waals surface area (Å²) in [6.45, 7) is 7.19. The lowest BCUT2D eigenvalue weighted by atomic mass is 10.0. The minimum absolute atomic E-state index is 0.0974. The zero-order chi connectivity index (χ0) is 22.2. The van der Waals surface area contributed by atoms with E-state index < -0.39 is 6.23 Å². The predicted molar refractivity (Wildman–Crippen MR) is 131 cm³/mol. The van der Waals surface area contributed by atoms with Crippen molar-refractivity contribution in [3.05, 3.63) is 50.8 Å². The van der Waals surface area contributed by atoms with E-state index in [1.54, 1.807) is 0 Å². The van der Waals surface area contributed by atoms with Gasteiger partial charge in [0.1, 0.15) is 6.23 Å². The van der Waals surface area contributed by atoms with Crippen LogP contribution in [-0.4, -0.2) is 58.5 Å². The highest BCUT2D eigenvalue weighted by molar-refractivity contribution is 9.10. The Balaban J connectivity index is 1.41. The topological polar surface area (TPSA) is 71.6 Å². The van der Waals surface area contributed by atoms with Crippen molar-refractivity contribution in [1.29, 1.82) is 0 Å². The molecule has 1 aromatic heterocycles. The fourth-order valence-electron chi connectivity index (χ4n) is 5.32. The van der Waals surface area contributed by atoms with E-state index in [1.165, 1.54) is 32.4 Å². The number of aliphatic hydroxyl groups excluding tert-OH is 1. The van der Waals surface area contributed by atoms with E-state index in [0.29, 0.717) is 5.57 Å². The van der Waals surface area contributed by atoms with Gasteiger partial charge in [-0.1, -0.05) is 28.4 Å². The third-order valence-corrected chi connectivity index (χ3v) is 7.77. The minimum atomic E-state index is -0.614. The summed E-state index contributed by atoms with van der Waals surface area (Å²) in [6.07, 6.45) is 7.14. The zero-order valence-electron chi connectivity index (χ0n) is 18.6. The van der Waals surface area contributed by atoms with Gasteiger partial charge in [0.05, 0.1) is 11.3 Å². The van der Waals surface area contributed by atoms with Gasteiger partial charge in [0.2, 0.25) is 0 Å². The van der Waals surface area contributed by atoms with Crippen molar-refractivity contribution in [2.45, 2.75) is 45.3 Å². The summed E-state index contributed by atoms with van der Waals surface area (Å²) >= 11 is 3.59. The first-order valence-electron chi connectivity index (χ1n) is 11.7. The van der Waals surface area contributed by atoms with Crippen molar-refractivity contribution < 1.29 is 9.90 Å². The van der Waals surface area contributed by atoms with E-state index in [-0.39, 0.29) is 5.91 Å². The van der Waals surface area contributed by atoms with E-state index in [0.717, 1.165) is 70.7 Å². The standard InChI is InChI=1S/C25H31BrN4O2/c1-16-21(15-17-23-18(26)7-5-8-20(23)28-24(17)31)27-19-9-6-12-30(25(32)22(16)19)14-13-29-10-3-2-4-11-29/h5,7-8,15,25,27,32H,2-4,6,9-14H2,1H3,(H,28,31)/b17-15-. The van der Waals surface area contributed by atoms with Crippen LogP contribution in [0.15, 0.2) is 22.7 Å². The molecule has 1 amide bonds. The number of likely N-dealkylation sites (tertiary alicyclic amines) is 1. The van der Waals surface area contributed by atoms with Crippen LogP contribution in [0.1, 0.15) is 60.0 Å². The lowest BCUT2D eigenvalue weighted by molar-refractivity contribution is -0.110. The third-order valence-electron chi connectivity index (χ3n) is 7.11. The summed E-state index contributed by atoms with van der Waals surface area (Å²) in [5.74, 6) is -0.0974. The van der Waals surface area contributed by atoms with Crippen molar-refractivity contribution in [3.63, 3.8) is 0 Å². The largest absolute Gasteiger partial charge is 0.374 e. The molecular formula is C25H31BrN4O2. The molecule has 3 aliphatic rings. The van der Waals surface area contributed by atoms with Crippen LogP contribution < -0.4 is 5.32 Å². The molecule has 6 nitrogen and oxygen atoms in total. The second-order valence-corrected chi connectivity index (χ2v) is 10.0. The highest BCUT2D eigenvalue weighted by Gasteiger charge is 2.30. The first kappa shape index (κ1) is 21.9. The number of nitrogens with zero attached hydrogens (tertiary/aromatic N) is 2. The van der Waals surface area contributed by atoms with E-state index in [4.69, 9.17) is 0 Å². The molecular weight excluding hydrogens is 468 g/mol. The van der Waals surface area contributed by atoms with E-state index in [1.807, 2.05) is 31.2 Å². The number of aryl methyl sites for hydroxylation is 1. The number of amides is 1. The number of carbonyl (C=O) groups is 1. The summed E-state index contributed by atoms with van der Waals surface area (Å²) in [6, 6.07) is 5.79. The number of hydrogen-bond acceptors (Lipinski definition) is 4. The van der Waals surface area contributed by atoms with Gasteiger partial charge in [0, 0.05) is 46.6 Å². The van der Waals surface area contributed by atoms with Crippen molar-refractivity contribution in [3.8, 4) is 0 Å². The number of aromatic amines is 1. The number of aromatic nitrogens is 1. The quantitative estimate of drug-likeness (QED) is 0.549. The molecule has 0 aliphatic carbocycles. The maximum absolute atomic E-state index is 12.7. The van der Waals surface area contributed by atoms with Gasteiger partial charge in [-0.25, -0.2) is 0 Å². The molecule has 1 unspecified atom stereocenters. The van der Waals surface area contributed by atoms with Gasteiger partial charge in [0.15, 0.2) is 0 Å². The SMILES string of the molecule is Cc1c(/C=C2\C(=O)Nc3cccc(Br)c32)[nH]c2c1C(O)N(CCN1CCCCC1)CCC2. The fraction of sp³-hybridized carbons (Fsp3) is 0.480. The average Bonchev–Trinajstić information content (AvgIpc) is 3.22. The Morgan fingerprint density at radius 3 is 2.78 bits per heavy atom. The van der Waals surface area contributed by atoms with Crippen LogP contribution in [-0.2, 0) is 11.2 Å². The molecule has 3 N–H and O–H groups in total. The molecule has 5 rings (SSSR count). The van der Waals surface area contributed by atoms with E-state index in [9.17, 15) is 9.90 Å². The fourth-order valence-corrected chi connectivity index (χ4v) is 5.90. The van der Waals surface area contributed by atoms with Crippen LogP contribution in [0.4, 0.5) is 5.69 Å². The maximum atomic E-state index is 12.7. The Labute approximate surface area is 197 Å². The molecule has 1 atom stereocenters. The van der Waals surface area contributed by atoms with Crippen molar-refractivity contribution in [1.82, 2.24) is 14.8 Å². The van der Waals surface area contributed by atoms with Gasteiger partial charge in [0.25, 0.3) is 5.91 Å². The Morgan fingerprint density at radius 1 is 1.16 bits per heavy atom. The van der Waals surface area contributed by atoms with Gasteiger partial charge in [-0.2, -0.15) is 0 Å². The molecule has 170 valence electrons. The summed E-state index contributed by atoms with van der Waals surface area (Å²) < 4.78 is 0.897. The summed E-state index contributed by atoms with van der Waals surface area (Å²) in [4.78, 5) is 20.9. The molecule has 4 heterocycles. The van der Waals surface area contributed by atoms with Crippen LogP contribution in [0.5, 0.6) is 0 Å². The molecule has 7 heteroatoms. The highest BCUT2D eigenvalue weighted by Crippen LogP contribution is 2.39. The second-order valence-electron chi connectivity index (χ2n) is 9.15. The van der Waals surface area contributed by atoms with Crippen LogP contribution in [0, 0.1) is 6.92 Å². The summed E-state index contributed by atoms with van der Waals surface area (Å²) in [5, 5.41) is 14.3. The lowest BCUT2D eigenvalue weighted by Gasteiger charge is -2.31. The molecule has 1 saturated heterocycles. The highest BCUT2D eigenvalue weighted by atomic mass is 79.9. The van der Waals surface area contributed by atoms with Crippen molar-refractivity contribution in [2.24, 2.45) is 0 Å². The van der Waals surface area contributed by atoms with Crippen molar-refractivity contribution >= 4 is 39.2 Å². The molecule has 0 radical (unpaired) electrons. The van der Waals surface area contributed by atoms with Gasteiger partial charge in [-0.3, -0.25) is 9.69 Å². The first-order chi connectivity index (χ1) is 15.5. The summed E-state index contributed by atoms with van der Waals surface area (Å²) in [5.41, 5.74) is 6.37. The average molecular weight is 499 g/mol. The number of benzene rings is 1. The Bertz CT molecular complexity index is 1050. The van der Waals surface area contributed by atoms with Gasteiger partial charge < -0.3 is 20.3 Å². The number of aliphatic hydroxyl groups is 1. The Kier molecular flexibility index (Phi) is 6.25. The summed E-state index contributed by atoms with van der Waals surface area (Å²) in [7, 11) is 0. The molecule has 2 aromatic rings. The second kappa shape index (κ2) is 9.14. The maximum Gasteiger partial charge on any atom is 0.256 e.